The van der Waals surface area contributed by atoms with E-state index in [0.717, 1.165) is 4.47 Å². The molecule has 72 valence electrons. The summed E-state index contributed by atoms with van der Waals surface area (Å²) in [6.45, 7) is 0. The number of hydrogen-bond acceptors (Lipinski definition) is 4. The van der Waals surface area contributed by atoms with Crippen molar-refractivity contribution in [3.8, 4) is 11.5 Å². The van der Waals surface area contributed by atoms with Crippen LogP contribution >= 0.6 is 27.5 Å². The summed E-state index contributed by atoms with van der Waals surface area (Å²) >= 11 is 9.26. The van der Waals surface area contributed by atoms with Crippen LogP contribution in [0.4, 0.5) is 0 Å². The average Bonchev–Trinajstić information content (AvgIpc) is 2.52. The third kappa shape index (κ3) is 1.62. The van der Waals surface area contributed by atoms with Crippen molar-refractivity contribution >= 4 is 27.5 Å². The maximum absolute atomic E-state index is 5.99. The summed E-state index contributed by atoms with van der Waals surface area (Å²) < 4.78 is 2.34. The zero-order valence-corrected chi connectivity index (χ0v) is 9.49. The van der Waals surface area contributed by atoms with Gasteiger partial charge in [0.05, 0.1) is 5.02 Å². The molecule has 0 atom stereocenters. The molecule has 0 bridgehead atoms. The molecule has 0 aliphatic heterocycles. The van der Waals surface area contributed by atoms with Crippen molar-refractivity contribution < 1.29 is 0 Å². The van der Waals surface area contributed by atoms with E-state index in [1.165, 1.54) is 4.68 Å². The first kappa shape index (κ1) is 9.54. The number of nitrogens with zero attached hydrogens (tertiary/aromatic N) is 5. The van der Waals surface area contributed by atoms with Crippen LogP contribution in [0.5, 0.6) is 0 Å². The Morgan fingerprint density at radius 1 is 1.50 bits per heavy atom. The van der Waals surface area contributed by atoms with E-state index in [1.54, 1.807) is 19.3 Å². The van der Waals surface area contributed by atoms with Crippen LogP contribution in [0.1, 0.15) is 0 Å². The van der Waals surface area contributed by atoms with Crippen LogP contribution in [0.15, 0.2) is 16.7 Å². The molecule has 0 aliphatic rings. The van der Waals surface area contributed by atoms with E-state index < -0.39 is 0 Å². The quantitative estimate of drug-likeness (QED) is 0.794. The molecule has 2 rings (SSSR count). The summed E-state index contributed by atoms with van der Waals surface area (Å²) in [6.07, 6.45) is 1.65. The van der Waals surface area contributed by atoms with Crippen LogP contribution in [0.2, 0.25) is 5.02 Å². The normalized spacial score (nSPS) is 10.5. The molecule has 0 saturated heterocycles. The van der Waals surface area contributed by atoms with Gasteiger partial charge in [-0.05, 0) is 32.4 Å². The monoisotopic (exact) mass is 273 g/mol. The van der Waals surface area contributed by atoms with E-state index in [0.29, 0.717) is 16.5 Å². The first-order valence-corrected chi connectivity index (χ1v) is 4.89. The molecule has 14 heavy (non-hydrogen) atoms. The molecular weight excluding hydrogens is 269 g/mol. The minimum atomic E-state index is 0.511. The number of tetrazole rings is 1. The zero-order valence-electron chi connectivity index (χ0n) is 7.15. The average molecular weight is 275 g/mol. The lowest BCUT2D eigenvalue weighted by molar-refractivity contribution is 0.713. The Morgan fingerprint density at radius 3 is 2.86 bits per heavy atom. The predicted molar refractivity (Wildman–Crippen MR) is 54.7 cm³/mol. The van der Waals surface area contributed by atoms with Gasteiger partial charge in [0.2, 0.25) is 5.82 Å². The number of hydrogen-bond donors (Lipinski definition) is 0. The van der Waals surface area contributed by atoms with E-state index >= 15 is 0 Å². The van der Waals surface area contributed by atoms with Crippen LogP contribution in [0, 0.1) is 0 Å². The predicted octanol–water partition coefficient (Wildman–Crippen LogP) is 1.69. The van der Waals surface area contributed by atoms with Crippen molar-refractivity contribution in [3.63, 3.8) is 0 Å². The van der Waals surface area contributed by atoms with Crippen LogP contribution in [0.25, 0.3) is 11.5 Å². The van der Waals surface area contributed by atoms with Crippen molar-refractivity contribution in [2.24, 2.45) is 7.05 Å². The smallest absolute Gasteiger partial charge is 0.201 e. The standard InChI is InChI=1S/C7H5BrClN5/c1-14-7(11-12-13-14)6-5(9)2-4(8)3-10-6/h2-3H,1H3. The van der Waals surface area contributed by atoms with E-state index in [-0.39, 0.29) is 0 Å². The number of rotatable bonds is 1. The highest BCUT2D eigenvalue weighted by Gasteiger charge is 2.11. The Hall–Kier alpha value is -1.01. The number of pyridine rings is 1. The first-order chi connectivity index (χ1) is 6.68. The van der Waals surface area contributed by atoms with Crippen LogP contribution in [-0.2, 0) is 7.05 Å². The molecular formula is C7H5BrClN5. The Kier molecular flexibility index (Phi) is 2.47. The van der Waals surface area contributed by atoms with E-state index in [4.69, 9.17) is 11.6 Å². The molecule has 0 aromatic carbocycles. The maximum atomic E-state index is 5.99. The molecule has 0 unspecified atom stereocenters. The summed E-state index contributed by atoms with van der Waals surface area (Å²) in [6, 6.07) is 1.75. The van der Waals surface area contributed by atoms with Gasteiger partial charge in [0, 0.05) is 17.7 Å². The molecule has 2 aromatic heterocycles. The minimum absolute atomic E-state index is 0.511. The third-order valence-electron chi connectivity index (χ3n) is 1.64. The van der Waals surface area contributed by atoms with Gasteiger partial charge in [-0.15, -0.1) is 5.10 Å². The fourth-order valence-corrected chi connectivity index (χ4v) is 1.72. The zero-order chi connectivity index (χ0) is 10.1. The van der Waals surface area contributed by atoms with Crippen LogP contribution < -0.4 is 0 Å². The molecule has 2 heterocycles. The lowest BCUT2D eigenvalue weighted by Gasteiger charge is -2.00. The lowest BCUT2D eigenvalue weighted by atomic mass is 10.3. The Labute approximate surface area is 93.2 Å². The van der Waals surface area contributed by atoms with Crippen molar-refractivity contribution in [3.05, 3.63) is 21.8 Å². The highest BCUT2D eigenvalue weighted by atomic mass is 79.9. The minimum Gasteiger partial charge on any atom is -0.250 e. The Morgan fingerprint density at radius 2 is 2.29 bits per heavy atom. The van der Waals surface area contributed by atoms with E-state index in [9.17, 15) is 0 Å². The summed E-state index contributed by atoms with van der Waals surface area (Å²) in [5, 5.41) is 11.5. The highest BCUT2D eigenvalue weighted by molar-refractivity contribution is 9.10. The maximum Gasteiger partial charge on any atom is 0.201 e. The van der Waals surface area contributed by atoms with E-state index in [2.05, 4.69) is 36.4 Å². The van der Waals surface area contributed by atoms with Gasteiger partial charge in [0.15, 0.2) is 0 Å². The second-order valence-corrected chi connectivity index (χ2v) is 3.93. The SMILES string of the molecule is Cn1nnnc1-c1ncc(Br)cc1Cl. The molecule has 0 saturated carbocycles. The van der Waals surface area contributed by atoms with Crippen LogP contribution in [0.3, 0.4) is 0 Å². The molecule has 0 fully saturated rings. The van der Waals surface area contributed by atoms with Gasteiger partial charge in [-0.25, -0.2) is 4.68 Å². The third-order valence-corrected chi connectivity index (χ3v) is 2.36. The molecule has 0 spiro atoms. The lowest BCUT2D eigenvalue weighted by Crippen LogP contribution is -1.97. The van der Waals surface area contributed by atoms with Gasteiger partial charge in [-0.1, -0.05) is 11.6 Å². The Bertz CT molecular complexity index is 469. The molecule has 0 radical (unpaired) electrons. The van der Waals surface area contributed by atoms with E-state index in [1.807, 2.05) is 0 Å². The van der Waals surface area contributed by atoms with Gasteiger partial charge in [0.25, 0.3) is 0 Å². The summed E-state index contributed by atoms with van der Waals surface area (Å²) in [5.74, 6) is 0.544. The Balaban J connectivity index is 2.58. The second-order valence-electron chi connectivity index (χ2n) is 2.61. The van der Waals surface area contributed by atoms with Gasteiger partial charge >= 0.3 is 0 Å². The summed E-state index contributed by atoms with van der Waals surface area (Å²) in [4.78, 5) is 4.14. The largest absolute Gasteiger partial charge is 0.250 e. The fourth-order valence-electron chi connectivity index (χ4n) is 1.01. The number of halogens is 2. The first-order valence-electron chi connectivity index (χ1n) is 3.72. The summed E-state index contributed by atoms with van der Waals surface area (Å²) in [7, 11) is 1.73. The van der Waals surface area contributed by atoms with Crippen molar-refractivity contribution in [1.29, 1.82) is 0 Å². The molecule has 0 amide bonds. The van der Waals surface area contributed by atoms with Gasteiger partial charge in [0.1, 0.15) is 5.69 Å². The van der Waals surface area contributed by atoms with Gasteiger partial charge in [-0.3, -0.25) is 4.98 Å². The molecule has 7 heteroatoms. The fraction of sp³-hybridized carbons (Fsp3) is 0.143. The van der Waals surface area contributed by atoms with Gasteiger partial charge < -0.3 is 0 Å². The van der Waals surface area contributed by atoms with Crippen molar-refractivity contribution in [1.82, 2.24) is 25.2 Å². The molecule has 2 aromatic rings. The molecule has 5 nitrogen and oxygen atoms in total. The highest BCUT2D eigenvalue weighted by Crippen LogP contribution is 2.25. The molecule has 0 N–H and O–H groups in total. The van der Waals surface area contributed by atoms with Crippen molar-refractivity contribution in [2.45, 2.75) is 0 Å². The summed E-state index contributed by atoms with van der Waals surface area (Å²) in [5.41, 5.74) is 0.572. The van der Waals surface area contributed by atoms with Gasteiger partial charge in [-0.2, -0.15) is 0 Å². The van der Waals surface area contributed by atoms with Crippen molar-refractivity contribution in [2.75, 3.05) is 0 Å². The van der Waals surface area contributed by atoms with Crippen LogP contribution in [-0.4, -0.2) is 25.2 Å². The number of aromatic nitrogens is 5. The second kappa shape index (κ2) is 3.62. The molecule has 0 aliphatic carbocycles. The number of aryl methyl sites for hydroxylation is 1. The topological polar surface area (TPSA) is 56.5 Å².